The minimum atomic E-state index is 0.355. The van der Waals surface area contributed by atoms with Crippen molar-refractivity contribution in [3.05, 3.63) is 16.4 Å². The number of hydrogen-bond acceptors (Lipinski definition) is 3. The van der Waals surface area contributed by atoms with Crippen LogP contribution in [0, 0.1) is 5.92 Å². The van der Waals surface area contributed by atoms with Crippen molar-refractivity contribution in [3.8, 4) is 0 Å². The maximum atomic E-state index is 5.45. The molecule has 0 radical (unpaired) electrons. The lowest BCUT2D eigenvalue weighted by Gasteiger charge is -2.21. The summed E-state index contributed by atoms with van der Waals surface area (Å²) >= 11 is 3.58. The van der Waals surface area contributed by atoms with Crippen LogP contribution in [-0.2, 0) is 11.8 Å². The Morgan fingerprint density at radius 2 is 2.53 bits per heavy atom. The molecule has 2 heterocycles. The van der Waals surface area contributed by atoms with Crippen molar-refractivity contribution in [2.75, 3.05) is 19.8 Å². The van der Waals surface area contributed by atoms with Gasteiger partial charge in [-0.2, -0.15) is 5.10 Å². The smallest absolute Gasteiger partial charge is 0.0692 e. The number of nitrogens with zero attached hydrogens (tertiary/aromatic N) is 2. The van der Waals surface area contributed by atoms with E-state index in [0.29, 0.717) is 12.0 Å². The predicted molar refractivity (Wildman–Crippen MR) is 70.9 cm³/mol. The minimum absolute atomic E-state index is 0.355. The van der Waals surface area contributed by atoms with Gasteiger partial charge in [-0.05, 0) is 41.2 Å². The number of aromatic nitrogens is 2. The molecule has 0 aliphatic carbocycles. The summed E-state index contributed by atoms with van der Waals surface area (Å²) in [6.07, 6.45) is 4.16. The van der Waals surface area contributed by atoms with Gasteiger partial charge in [0.1, 0.15) is 0 Å². The Hall–Kier alpha value is -0.390. The minimum Gasteiger partial charge on any atom is -0.381 e. The van der Waals surface area contributed by atoms with Crippen LogP contribution in [0.2, 0.25) is 0 Å². The molecule has 17 heavy (non-hydrogen) atoms. The highest BCUT2D eigenvalue weighted by Gasteiger charge is 2.24. The molecule has 0 bridgehead atoms. The molecule has 0 saturated carbocycles. The Kier molecular flexibility index (Phi) is 4.59. The summed E-state index contributed by atoms with van der Waals surface area (Å²) in [7, 11) is 2.00. The maximum absolute atomic E-state index is 5.45. The second-order valence-corrected chi connectivity index (χ2v) is 5.43. The summed E-state index contributed by atoms with van der Waals surface area (Å²) in [4.78, 5) is 0. The van der Waals surface area contributed by atoms with Crippen LogP contribution in [0.3, 0.4) is 0 Å². The van der Waals surface area contributed by atoms with Crippen molar-refractivity contribution in [1.29, 1.82) is 0 Å². The predicted octanol–water partition coefficient (Wildman–Crippen LogP) is 2.26. The molecule has 1 N–H and O–H groups in total. The lowest BCUT2D eigenvalue weighted by molar-refractivity contribution is 0.181. The monoisotopic (exact) mass is 301 g/mol. The lowest BCUT2D eigenvalue weighted by atomic mass is 9.97. The van der Waals surface area contributed by atoms with Gasteiger partial charge in [-0.3, -0.25) is 4.68 Å². The van der Waals surface area contributed by atoms with Gasteiger partial charge in [0.2, 0.25) is 0 Å². The summed E-state index contributed by atoms with van der Waals surface area (Å²) in [5, 5.41) is 7.84. The van der Waals surface area contributed by atoms with E-state index >= 15 is 0 Å². The topological polar surface area (TPSA) is 39.1 Å². The van der Waals surface area contributed by atoms with Crippen LogP contribution < -0.4 is 5.32 Å². The third-order valence-electron chi connectivity index (χ3n) is 3.31. The third kappa shape index (κ3) is 3.09. The standard InChI is InChI=1S/C12H20BrN3O/c1-3-14-11(6-9-4-5-17-8-9)12-10(13)7-15-16(12)2/h7,9,11,14H,3-6,8H2,1-2H3. The van der Waals surface area contributed by atoms with Crippen LogP contribution in [0.5, 0.6) is 0 Å². The van der Waals surface area contributed by atoms with Gasteiger partial charge >= 0.3 is 0 Å². The SMILES string of the molecule is CCNC(CC1CCOC1)c1c(Br)cnn1C. The van der Waals surface area contributed by atoms with Crippen molar-refractivity contribution in [2.45, 2.75) is 25.8 Å². The lowest BCUT2D eigenvalue weighted by Crippen LogP contribution is -2.26. The van der Waals surface area contributed by atoms with E-state index in [1.807, 2.05) is 17.9 Å². The number of nitrogens with one attached hydrogen (secondary N) is 1. The first-order valence-corrected chi connectivity index (χ1v) is 7.00. The van der Waals surface area contributed by atoms with Crippen LogP contribution in [0.25, 0.3) is 0 Å². The average molecular weight is 302 g/mol. The highest BCUT2D eigenvalue weighted by Crippen LogP contribution is 2.30. The first kappa shape index (κ1) is 13.1. The molecule has 0 spiro atoms. The van der Waals surface area contributed by atoms with Gasteiger partial charge in [0.05, 0.1) is 22.4 Å². The van der Waals surface area contributed by atoms with E-state index in [1.54, 1.807) is 0 Å². The Bertz CT molecular complexity index is 341. The second kappa shape index (κ2) is 5.98. The number of rotatable bonds is 5. The number of halogens is 1. The third-order valence-corrected chi connectivity index (χ3v) is 3.92. The Labute approximate surface area is 111 Å². The molecule has 4 nitrogen and oxygen atoms in total. The van der Waals surface area contributed by atoms with Crippen molar-refractivity contribution in [3.63, 3.8) is 0 Å². The molecule has 1 fully saturated rings. The van der Waals surface area contributed by atoms with E-state index in [2.05, 4.69) is 33.3 Å². The highest BCUT2D eigenvalue weighted by molar-refractivity contribution is 9.10. The zero-order valence-corrected chi connectivity index (χ0v) is 12.0. The molecule has 2 rings (SSSR count). The van der Waals surface area contributed by atoms with Crippen molar-refractivity contribution in [2.24, 2.45) is 13.0 Å². The Morgan fingerprint density at radius 1 is 1.71 bits per heavy atom. The summed E-state index contributed by atoms with van der Waals surface area (Å²) in [5.41, 5.74) is 1.23. The largest absolute Gasteiger partial charge is 0.381 e. The zero-order valence-electron chi connectivity index (χ0n) is 10.4. The van der Waals surface area contributed by atoms with E-state index < -0.39 is 0 Å². The van der Waals surface area contributed by atoms with Gasteiger partial charge in [-0.1, -0.05) is 6.92 Å². The molecule has 1 aromatic rings. The first-order valence-electron chi connectivity index (χ1n) is 6.21. The summed E-state index contributed by atoms with van der Waals surface area (Å²) in [5.74, 6) is 0.667. The molecule has 1 aliphatic heterocycles. The van der Waals surface area contributed by atoms with Gasteiger partial charge in [0.15, 0.2) is 0 Å². The van der Waals surface area contributed by atoms with Gasteiger partial charge in [-0.25, -0.2) is 0 Å². The molecule has 1 aliphatic rings. The normalized spacial score (nSPS) is 21.9. The van der Waals surface area contributed by atoms with Crippen LogP contribution in [-0.4, -0.2) is 29.5 Å². The van der Waals surface area contributed by atoms with E-state index in [4.69, 9.17) is 4.74 Å². The molecule has 2 unspecified atom stereocenters. The molecular formula is C12H20BrN3O. The Morgan fingerprint density at radius 3 is 3.06 bits per heavy atom. The average Bonchev–Trinajstić information content (AvgIpc) is 2.89. The summed E-state index contributed by atoms with van der Waals surface area (Å²) in [6.45, 7) is 4.92. The molecule has 5 heteroatoms. The summed E-state index contributed by atoms with van der Waals surface area (Å²) in [6, 6.07) is 0.355. The molecular weight excluding hydrogens is 282 g/mol. The maximum Gasteiger partial charge on any atom is 0.0692 e. The fourth-order valence-corrected chi connectivity index (χ4v) is 3.08. The van der Waals surface area contributed by atoms with Gasteiger partial charge in [0, 0.05) is 20.3 Å². The fourth-order valence-electron chi connectivity index (χ4n) is 2.45. The zero-order chi connectivity index (χ0) is 12.3. The van der Waals surface area contributed by atoms with Gasteiger partial charge in [0.25, 0.3) is 0 Å². The van der Waals surface area contributed by atoms with Crippen molar-refractivity contribution < 1.29 is 4.74 Å². The van der Waals surface area contributed by atoms with E-state index in [9.17, 15) is 0 Å². The van der Waals surface area contributed by atoms with Crippen LogP contribution in [0.4, 0.5) is 0 Å². The Balaban J connectivity index is 2.10. The van der Waals surface area contributed by atoms with E-state index in [1.165, 1.54) is 12.1 Å². The summed E-state index contributed by atoms with van der Waals surface area (Å²) < 4.78 is 8.49. The fraction of sp³-hybridized carbons (Fsp3) is 0.750. The van der Waals surface area contributed by atoms with Gasteiger partial charge < -0.3 is 10.1 Å². The van der Waals surface area contributed by atoms with E-state index in [0.717, 1.165) is 30.7 Å². The highest BCUT2D eigenvalue weighted by atomic mass is 79.9. The first-order chi connectivity index (χ1) is 8.22. The van der Waals surface area contributed by atoms with Crippen LogP contribution >= 0.6 is 15.9 Å². The van der Waals surface area contributed by atoms with Gasteiger partial charge in [-0.15, -0.1) is 0 Å². The molecule has 96 valence electrons. The number of hydrogen-bond donors (Lipinski definition) is 1. The molecule has 0 aromatic carbocycles. The quantitative estimate of drug-likeness (QED) is 0.907. The molecule has 0 amide bonds. The molecule has 1 aromatic heterocycles. The van der Waals surface area contributed by atoms with Crippen molar-refractivity contribution >= 4 is 15.9 Å². The number of ether oxygens (including phenoxy) is 1. The second-order valence-electron chi connectivity index (χ2n) is 4.58. The van der Waals surface area contributed by atoms with Crippen LogP contribution in [0.1, 0.15) is 31.5 Å². The van der Waals surface area contributed by atoms with Crippen LogP contribution in [0.15, 0.2) is 10.7 Å². The molecule has 1 saturated heterocycles. The van der Waals surface area contributed by atoms with E-state index in [-0.39, 0.29) is 0 Å². The van der Waals surface area contributed by atoms with Crippen molar-refractivity contribution in [1.82, 2.24) is 15.1 Å². The molecule has 2 atom stereocenters. The number of aryl methyl sites for hydroxylation is 1.